The fourth-order valence-electron chi connectivity index (χ4n) is 2.32. The molecule has 82 valence electrons. The van der Waals surface area contributed by atoms with Crippen LogP contribution in [0, 0.1) is 5.92 Å². The first-order chi connectivity index (χ1) is 6.74. The van der Waals surface area contributed by atoms with Gasteiger partial charge in [0.25, 0.3) is 0 Å². The van der Waals surface area contributed by atoms with E-state index < -0.39 is 0 Å². The molecule has 2 aliphatic rings. The van der Waals surface area contributed by atoms with E-state index in [0.717, 1.165) is 5.92 Å². The Morgan fingerprint density at radius 1 is 1.29 bits per heavy atom. The molecule has 1 saturated carbocycles. The molecule has 0 aromatic carbocycles. The maximum Gasteiger partial charge on any atom is 0.0613 e. The van der Waals surface area contributed by atoms with Crippen molar-refractivity contribution >= 4 is 11.8 Å². The van der Waals surface area contributed by atoms with E-state index in [-0.39, 0.29) is 5.54 Å². The van der Waals surface area contributed by atoms with Crippen LogP contribution in [0.25, 0.3) is 0 Å². The molecule has 0 aromatic rings. The average Bonchev–Trinajstić information content (AvgIpc) is 3.03. The van der Waals surface area contributed by atoms with E-state index in [4.69, 9.17) is 0 Å². The van der Waals surface area contributed by atoms with Gasteiger partial charge in [0.05, 0.1) is 6.61 Å². The highest BCUT2D eigenvalue weighted by Crippen LogP contribution is 2.40. The van der Waals surface area contributed by atoms with Crippen LogP contribution in [0.3, 0.4) is 0 Å². The summed E-state index contributed by atoms with van der Waals surface area (Å²) in [6.45, 7) is 2.48. The van der Waals surface area contributed by atoms with Crippen LogP contribution in [0.2, 0.25) is 0 Å². The minimum Gasteiger partial charge on any atom is -0.394 e. The Morgan fingerprint density at radius 3 is 2.43 bits per heavy atom. The third kappa shape index (κ3) is 2.44. The molecule has 1 heterocycles. The van der Waals surface area contributed by atoms with Crippen LogP contribution in [0.5, 0.6) is 0 Å². The van der Waals surface area contributed by atoms with E-state index in [9.17, 15) is 5.11 Å². The molecule has 0 radical (unpaired) electrons. The second kappa shape index (κ2) is 4.42. The van der Waals surface area contributed by atoms with E-state index in [0.29, 0.717) is 12.6 Å². The maximum atomic E-state index is 9.46. The number of rotatable bonds is 4. The Kier molecular flexibility index (Phi) is 3.40. The Balaban J connectivity index is 1.86. The molecule has 2 fully saturated rings. The van der Waals surface area contributed by atoms with Crippen LogP contribution >= 0.6 is 11.8 Å². The summed E-state index contributed by atoms with van der Waals surface area (Å²) in [5.74, 6) is 3.29. The summed E-state index contributed by atoms with van der Waals surface area (Å²) < 4.78 is 0. The summed E-state index contributed by atoms with van der Waals surface area (Å²) >= 11 is 2.05. The summed E-state index contributed by atoms with van der Waals surface area (Å²) in [6, 6.07) is 0.647. The van der Waals surface area contributed by atoms with Crippen LogP contribution in [0.4, 0.5) is 0 Å². The predicted octanol–water partition coefficient (Wildman–Crippen LogP) is 1.63. The Morgan fingerprint density at radius 2 is 1.93 bits per heavy atom. The first kappa shape index (κ1) is 10.8. The molecule has 2 N–H and O–H groups in total. The van der Waals surface area contributed by atoms with E-state index in [1.165, 1.54) is 37.2 Å². The zero-order valence-electron chi connectivity index (χ0n) is 8.96. The van der Waals surface area contributed by atoms with Gasteiger partial charge in [-0.15, -0.1) is 0 Å². The lowest BCUT2D eigenvalue weighted by atomic mass is 9.94. The first-order valence-corrected chi connectivity index (χ1v) is 6.86. The van der Waals surface area contributed by atoms with Crippen molar-refractivity contribution in [1.82, 2.24) is 5.32 Å². The van der Waals surface area contributed by atoms with E-state index in [1.54, 1.807) is 0 Å². The fourth-order valence-corrected chi connectivity index (χ4v) is 3.43. The van der Waals surface area contributed by atoms with Crippen molar-refractivity contribution in [3.63, 3.8) is 0 Å². The zero-order chi connectivity index (χ0) is 10.0. The van der Waals surface area contributed by atoms with Gasteiger partial charge in [0.2, 0.25) is 0 Å². The smallest absolute Gasteiger partial charge is 0.0613 e. The van der Waals surface area contributed by atoms with Crippen molar-refractivity contribution in [3.05, 3.63) is 0 Å². The van der Waals surface area contributed by atoms with E-state index in [2.05, 4.69) is 24.0 Å². The van der Waals surface area contributed by atoms with Crippen molar-refractivity contribution in [1.29, 1.82) is 0 Å². The number of hydrogen-bond donors (Lipinski definition) is 2. The van der Waals surface area contributed by atoms with Gasteiger partial charge >= 0.3 is 0 Å². The molecule has 2 nitrogen and oxygen atoms in total. The van der Waals surface area contributed by atoms with Gasteiger partial charge in [-0.1, -0.05) is 0 Å². The topological polar surface area (TPSA) is 32.3 Å². The fraction of sp³-hybridized carbons (Fsp3) is 1.00. The molecule has 0 spiro atoms. The third-order valence-electron chi connectivity index (χ3n) is 3.56. The molecular weight excluding hydrogens is 194 g/mol. The predicted molar refractivity (Wildman–Crippen MR) is 61.7 cm³/mol. The van der Waals surface area contributed by atoms with Crippen molar-refractivity contribution in [3.8, 4) is 0 Å². The Hall–Kier alpha value is 0.270. The third-order valence-corrected chi connectivity index (χ3v) is 4.61. The standard InChI is InChI=1S/C11H21NOS/c1-11(8-13,9-2-3-9)12-10-4-6-14-7-5-10/h9-10,12-13H,2-8H2,1H3. The molecule has 1 unspecified atom stereocenters. The lowest BCUT2D eigenvalue weighted by Crippen LogP contribution is -2.53. The molecule has 1 aliphatic heterocycles. The molecular formula is C11H21NOS. The van der Waals surface area contributed by atoms with Crippen LogP contribution in [0.15, 0.2) is 0 Å². The van der Waals surface area contributed by atoms with Crippen LogP contribution in [-0.4, -0.2) is 34.8 Å². The Labute approximate surface area is 90.8 Å². The van der Waals surface area contributed by atoms with Gasteiger partial charge in [-0.3, -0.25) is 0 Å². The van der Waals surface area contributed by atoms with Crippen molar-refractivity contribution in [2.45, 2.75) is 44.2 Å². The molecule has 0 bridgehead atoms. The molecule has 14 heavy (non-hydrogen) atoms. The number of thioether (sulfide) groups is 1. The van der Waals surface area contributed by atoms with Gasteiger partial charge in [-0.2, -0.15) is 11.8 Å². The first-order valence-electron chi connectivity index (χ1n) is 5.71. The minimum absolute atomic E-state index is 0.00662. The summed E-state index contributed by atoms with van der Waals surface area (Å²) in [7, 11) is 0. The van der Waals surface area contributed by atoms with Crippen LogP contribution < -0.4 is 5.32 Å². The number of nitrogens with one attached hydrogen (secondary N) is 1. The van der Waals surface area contributed by atoms with Crippen LogP contribution in [0.1, 0.15) is 32.6 Å². The summed E-state index contributed by atoms with van der Waals surface area (Å²) in [5.41, 5.74) is 0.00662. The van der Waals surface area contributed by atoms with Crippen molar-refractivity contribution < 1.29 is 5.11 Å². The Bertz CT molecular complexity index is 190. The maximum absolute atomic E-state index is 9.46. The minimum atomic E-state index is 0.00662. The van der Waals surface area contributed by atoms with Gasteiger partial charge in [-0.25, -0.2) is 0 Å². The second-order valence-electron chi connectivity index (χ2n) is 4.88. The molecule has 0 aromatic heterocycles. The molecule has 0 amide bonds. The van der Waals surface area contributed by atoms with Gasteiger partial charge < -0.3 is 10.4 Å². The highest BCUT2D eigenvalue weighted by Gasteiger charge is 2.42. The number of aliphatic hydroxyl groups is 1. The lowest BCUT2D eigenvalue weighted by Gasteiger charge is -2.35. The molecule has 1 aliphatic carbocycles. The van der Waals surface area contributed by atoms with Crippen LogP contribution in [-0.2, 0) is 0 Å². The second-order valence-corrected chi connectivity index (χ2v) is 6.11. The molecule has 3 heteroatoms. The van der Waals surface area contributed by atoms with E-state index in [1.807, 2.05) is 0 Å². The van der Waals surface area contributed by atoms with Crippen molar-refractivity contribution in [2.75, 3.05) is 18.1 Å². The lowest BCUT2D eigenvalue weighted by molar-refractivity contribution is 0.139. The van der Waals surface area contributed by atoms with Gasteiger partial charge in [0.1, 0.15) is 0 Å². The molecule has 1 atom stereocenters. The summed E-state index contributed by atoms with van der Waals surface area (Å²) in [6.07, 6.45) is 5.14. The van der Waals surface area contributed by atoms with Gasteiger partial charge in [0, 0.05) is 11.6 Å². The molecule has 1 saturated heterocycles. The normalized spacial score (nSPS) is 28.7. The van der Waals surface area contributed by atoms with E-state index >= 15 is 0 Å². The highest BCUT2D eigenvalue weighted by molar-refractivity contribution is 7.99. The summed E-state index contributed by atoms with van der Waals surface area (Å²) in [5, 5.41) is 13.1. The SMILES string of the molecule is CC(CO)(NC1CCSCC1)C1CC1. The average molecular weight is 215 g/mol. The van der Waals surface area contributed by atoms with Crippen molar-refractivity contribution in [2.24, 2.45) is 5.92 Å². The number of aliphatic hydroxyl groups excluding tert-OH is 1. The zero-order valence-corrected chi connectivity index (χ0v) is 9.78. The molecule has 2 rings (SSSR count). The largest absolute Gasteiger partial charge is 0.394 e. The van der Waals surface area contributed by atoms with Gasteiger partial charge in [0.15, 0.2) is 0 Å². The summed E-state index contributed by atoms with van der Waals surface area (Å²) in [4.78, 5) is 0. The van der Waals surface area contributed by atoms with Gasteiger partial charge in [-0.05, 0) is 50.0 Å². The quantitative estimate of drug-likeness (QED) is 0.747. The highest BCUT2D eigenvalue weighted by atomic mass is 32.2. The monoisotopic (exact) mass is 215 g/mol. The number of hydrogen-bond acceptors (Lipinski definition) is 3.